The van der Waals surface area contributed by atoms with Gasteiger partial charge >= 0.3 is 0 Å². The average molecular weight is 495 g/mol. The Morgan fingerprint density at radius 1 is 1.03 bits per heavy atom. The quantitative estimate of drug-likeness (QED) is 0.425. The largest absolute Gasteiger partial charge is 0.381 e. The molecule has 2 N–H and O–H groups in total. The average Bonchev–Trinajstić information content (AvgIpc) is 3.63. The summed E-state index contributed by atoms with van der Waals surface area (Å²) in [6.45, 7) is 0.347. The number of amides is 1. The van der Waals surface area contributed by atoms with Gasteiger partial charge in [0.1, 0.15) is 22.9 Å². The van der Waals surface area contributed by atoms with Crippen molar-refractivity contribution >= 4 is 23.1 Å². The van der Waals surface area contributed by atoms with Crippen LogP contribution in [0.15, 0.2) is 85.6 Å². The molecule has 4 aromatic rings. The first-order chi connectivity index (χ1) is 18.0. The molecule has 3 aliphatic rings. The second-order valence-electron chi connectivity index (χ2n) is 9.65. The highest BCUT2D eigenvalue weighted by molar-refractivity contribution is 6.01. The summed E-state index contributed by atoms with van der Waals surface area (Å²) in [6.07, 6.45) is 14.5. The number of hydrogen-bond donors (Lipinski definition) is 2. The lowest BCUT2D eigenvalue weighted by atomic mass is 9.96. The van der Waals surface area contributed by atoms with Crippen molar-refractivity contribution in [1.29, 1.82) is 0 Å². The minimum Gasteiger partial charge on any atom is -0.381 e. The number of carbonyl (C=O) groups excluding carboxylic acids is 1. The van der Waals surface area contributed by atoms with Crippen LogP contribution in [-0.4, -0.2) is 36.0 Å². The highest BCUT2D eigenvalue weighted by atomic mass is 19.1. The van der Waals surface area contributed by atoms with Crippen LogP contribution in [0.25, 0.3) is 16.9 Å². The van der Waals surface area contributed by atoms with Crippen molar-refractivity contribution in [1.82, 2.24) is 19.4 Å². The molecule has 37 heavy (non-hydrogen) atoms. The van der Waals surface area contributed by atoms with Gasteiger partial charge in [-0.1, -0.05) is 12.1 Å². The van der Waals surface area contributed by atoms with Crippen molar-refractivity contribution in [2.24, 2.45) is 5.92 Å². The van der Waals surface area contributed by atoms with Gasteiger partial charge in [0, 0.05) is 35.8 Å². The van der Waals surface area contributed by atoms with E-state index in [1.165, 1.54) is 17.1 Å². The second kappa shape index (κ2) is 8.01. The number of carbonyl (C=O) groups is 1. The van der Waals surface area contributed by atoms with E-state index >= 15 is 0 Å². The first-order valence-corrected chi connectivity index (χ1v) is 12.2. The molecule has 1 saturated carbocycles. The smallest absolute Gasteiger partial charge is 0.272 e. The normalized spacial score (nSPS) is 18.1. The second-order valence-corrected chi connectivity index (χ2v) is 9.65. The third kappa shape index (κ3) is 3.66. The molecule has 1 aromatic carbocycles. The fraction of sp³-hybridized carbons (Fsp3) is 0.179. The van der Waals surface area contributed by atoms with Crippen LogP contribution < -0.4 is 10.3 Å². The van der Waals surface area contributed by atoms with Crippen LogP contribution in [0.3, 0.4) is 0 Å². The molecule has 5 heterocycles. The van der Waals surface area contributed by atoms with E-state index in [1.807, 2.05) is 58.1 Å². The monoisotopic (exact) mass is 494 g/mol. The number of nitrogens with zero attached hydrogens (tertiary/aromatic N) is 5. The number of halogens is 1. The molecule has 0 unspecified atom stereocenters. The molecule has 0 bridgehead atoms. The predicted molar refractivity (Wildman–Crippen MR) is 137 cm³/mol. The van der Waals surface area contributed by atoms with E-state index in [1.54, 1.807) is 24.7 Å². The number of anilines is 2. The number of fused-ring (bicyclic) bond motifs is 2. The highest BCUT2D eigenvalue weighted by Crippen LogP contribution is 2.42. The third-order valence-corrected chi connectivity index (χ3v) is 7.25. The standard InChI is InChI=1S/C28H23FN6O2/c29-19-8-11-34-24(16-31-26(34)14-19)21-2-1-3-22-23(21)17-35(27(22)36)32-25-7-6-20(15-30-25)33-12-9-28(37,10-13-33)18-4-5-18/h1-3,6-16,18,37H,4-5,17H2,(H,30,32). The SMILES string of the molecule is O=C1c2cccc(-c3cnc4cc(F)ccn34)c2CN1Nc1ccc(N2C=CC(O)(C3CC3)C=C2)cn1. The molecule has 9 heteroatoms. The fourth-order valence-electron chi connectivity index (χ4n) is 5.06. The zero-order chi connectivity index (χ0) is 25.1. The van der Waals surface area contributed by atoms with E-state index in [4.69, 9.17) is 0 Å². The van der Waals surface area contributed by atoms with Gasteiger partial charge in [-0.2, -0.15) is 0 Å². The van der Waals surface area contributed by atoms with Crippen LogP contribution in [0.2, 0.25) is 0 Å². The molecule has 0 spiro atoms. The number of nitrogens with one attached hydrogen (secondary N) is 1. The zero-order valence-electron chi connectivity index (χ0n) is 19.8. The van der Waals surface area contributed by atoms with Gasteiger partial charge in [0.25, 0.3) is 5.91 Å². The van der Waals surface area contributed by atoms with Gasteiger partial charge in [0.15, 0.2) is 0 Å². The van der Waals surface area contributed by atoms with Crippen molar-refractivity contribution in [2.75, 3.05) is 10.3 Å². The van der Waals surface area contributed by atoms with Crippen LogP contribution in [0, 0.1) is 11.7 Å². The summed E-state index contributed by atoms with van der Waals surface area (Å²) in [4.78, 5) is 23.9. The molecule has 0 atom stereocenters. The zero-order valence-corrected chi connectivity index (χ0v) is 19.8. The van der Waals surface area contributed by atoms with Crippen LogP contribution >= 0.6 is 0 Å². The Balaban J connectivity index is 1.10. The molecule has 1 aliphatic carbocycles. The lowest BCUT2D eigenvalue weighted by Gasteiger charge is -2.28. The Labute approximate surface area is 212 Å². The number of hydrazine groups is 1. The van der Waals surface area contributed by atoms with Crippen LogP contribution in [-0.2, 0) is 6.54 Å². The first-order valence-electron chi connectivity index (χ1n) is 12.2. The maximum atomic E-state index is 13.6. The maximum Gasteiger partial charge on any atom is 0.272 e. The Morgan fingerprint density at radius 2 is 1.84 bits per heavy atom. The molecule has 1 amide bonds. The number of pyridine rings is 2. The summed E-state index contributed by atoms with van der Waals surface area (Å²) in [5, 5.41) is 12.2. The van der Waals surface area contributed by atoms with Gasteiger partial charge in [0.2, 0.25) is 0 Å². The number of rotatable bonds is 5. The van der Waals surface area contributed by atoms with Crippen molar-refractivity contribution in [3.8, 4) is 11.3 Å². The van der Waals surface area contributed by atoms with Gasteiger partial charge in [-0.3, -0.25) is 14.6 Å². The minimum absolute atomic E-state index is 0.149. The van der Waals surface area contributed by atoms with Crippen LogP contribution in [0.5, 0.6) is 0 Å². The molecule has 3 aromatic heterocycles. The van der Waals surface area contributed by atoms with Gasteiger partial charge < -0.3 is 10.0 Å². The van der Waals surface area contributed by atoms with Gasteiger partial charge in [-0.15, -0.1) is 0 Å². The molecule has 7 rings (SSSR count). The number of hydrogen-bond acceptors (Lipinski definition) is 6. The molecular formula is C28H23FN6O2. The summed E-state index contributed by atoms with van der Waals surface area (Å²) >= 11 is 0. The van der Waals surface area contributed by atoms with Crippen molar-refractivity contribution < 1.29 is 14.3 Å². The lowest BCUT2D eigenvalue weighted by molar-refractivity contribution is 0.0814. The molecule has 8 nitrogen and oxygen atoms in total. The summed E-state index contributed by atoms with van der Waals surface area (Å²) < 4.78 is 15.4. The Bertz CT molecular complexity index is 1590. The summed E-state index contributed by atoms with van der Waals surface area (Å²) in [5.74, 6) is 0.351. The van der Waals surface area contributed by atoms with E-state index in [0.29, 0.717) is 29.5 Å². The number of aromatic nitrogens is 3. The van der Waals surface area contributed by atoms with Crippen molar-refractivity contribution in [3.63, 3.8) is 0 Å². The predicted octanol–water partition coefficient (Wildman–Crippen LogP) is 4.51. The van der Waals surface area contributed by atoms with E-state index in [0.717, 1.165) is 35.3 Å². The number of aliphatic hydroxyl groups is 1. The van der Waals surface area contributed by atoms with E-state index in [2.05, 4.69) is 15.4 Å². The molecule has 0 radical (unpaired) electrons. The maximum absolute atomic E-state index is 13.6. The Morgan fingerprint density at radius 3 is 2.59 bits per heavy atom. The van der Waals surface area contributed by atoms with Crippen molar-refractivity contribution in [3.05, 3.63) is 103 Å². The fourth-order valence-corrected chi connectivity index (χ4v) is 5.06. The summed E-state index contributed by atoms with van der Waals surface area (Å²) in [6, 6.07) is 12.1. The van der Waals surface area contributed by atoms with E-state index < -0.39 is 5.60 Å². The molecule has 184 valence electrons. The minimum atomic E-state index is -0.852. The van der Waals surface area contributed by atoms with Crippen molar-refractivity contribution in [2.45, 2.75) is 25.0 Å². The number of imidazole rings is 1. The van der Waals surface area contributed by atoms with Gasteiger partial charge in [0.05, 0.1) is 30.3 Å². The van der Waals surface area contributed by atoms with E-state index in [-0.39, 0.29) is 11.7 Å². The van der Waals surface area contributed by atoms with Gasteiger partial charge in [-0.25, -0.2) is 19.4 Å². The van der Waals surface area contributed by atoms with Crippen LogP contribution in [0.4, 0.5) is 15.9 Å². The highest BCUT2D eigenvalue weighted by Gasteiger charge is 2.41. The topological polar surface area (TPSA) is 86.0 Å². The summed E-state index contributed by atoms with van der Waals surface area (Å²) in [5.41, 5.74) is 6.76. The molecule has 2 aliphatic heterocycles. The van der Waals surface area contributed by atoms with E-state index in [9.17, 15) is 14.3 Å². The lowest BCUT2D eigenvalue weighted by Crippen LogP contribution is -2.31. The molecule has 1 fully saturated rings. The number of benzene rings is 1. The summed E-state index contributed by atoms with van der Waals surface area (Å²) in [7, 11) is 0. The first kappa shape index (κ1) is 21.8. The van der Waals surface area contributed by atoms with Gasteiger partial charge in [-0.05, 0) is 60.7 Å². The van der Waals surface area contributed by atoms with Crippen LogP contribution in [0.1, 0.15) is 28.8 Å². The molecule has 0 saturated heterocycles. The molecular weight excluding hydrogens is 471 g/mol. The Hall–Kier alpha value is -4.50. The third-order valence-electron chi connectivity index (χ3n) is 7.25. The Kier molecular flexibility index (Phi) is 4.71.